The van der Waals surface area contributed by atoms with E-state index >= 15 is 0 Å². The highest BCUT2D eigenvalue weighted by molar-refractivity contribution is 7.10. The van der Waals surface area contributed by atoms with Crippen LogP contribution in [0, 0.1) is 0 Å². The van der Waals surface area contributed by atoms with Gasteiger partial charge in [-0.25, -0.2) is 4.98 Å². The van der Waals surface area contributed by atoms with Gasteiger partial charge >= 0.3 is 0 Å². The highest BCUT2D eigenvalue weighted by atomic mass is 32.1. The topological polar surface area (TPSA) is 34.1 Å². The van der Waals surface area contributed by atoms with Crippen molar-refractivity contribution in [1.82, 2.24) is 10.3 Å². The molecule has 4 heteroatoms. The Hall–Kier alpha value is -1.23. The van der Waals surface area contributed by atoms with E-state index in [-0.39, 0.29) is 11.5 Å². The largest absolute Gasteiger partial charge is 0.378 e. The second-order valence-corrected chi connectivity index (χ2v) is 7.37. The van der Waals surface area contributed by atoms with E-state index < -0.39 is 0 Å². The van der Waals surface area contributed by atoms with Crippen molar-refractivity contribution >= 4 is 11.3 Å². The van der Waals surface area contributed by atoms with Crippen molar-refractivity contribution in [3.63, 3.8) is 0 Å². The number of rotatable bonds is 2. The smallest absolute Gasteiger partial charge is 0.113 e. The van der Waals surface area contributed by atoms with Crippen molar-refractivity contribution in [2.24, 2.45) is 0 Å². The molecule has 3 rings (SSSR count). The summed E-state index contributed by atoms with van der Waals surface area (Å²) >= 11 is 1.71. The molecular formula is C17H22N2OS. The average Bonchev–Trinajstić information content (AvgIpc) is 2.97. The lowest BCUT2D eigenvalue weighted by Gasteiger charge is -2.21. The fourth-order valence-electron chi connectivity index (χ4n) is 2.45. The minimum Gasteiger partial charge on any atom is -0.378 e. The van der Waals surface area contributed by atoms with E-state index in [2.05, 4.69) is 55.7 Å². The minimum absolute atomic E-state index is 0.190. The van der Waals surface area contributed by atoms with Crippen LogP contribution >= 0.6 is 11.3 Å². The molecule has 3 nitrogen and oxygen atoms in total. The molecular weight excluding hydrogens is 280 g/mol. The van der Waals surface area contributed by atoms with Gasteiger partial charge in [-0.3, -0.25) is 0 Å². The number of hydrogen-bond acceptors (Lipinski definition) is 4. The van der Waals surface area contributed by atoms with Gasteiger partial charge < -0.3 is 10.1 Å². The third-order valence-electron chi connectivity index (χ3n) is 3.79. The summed E-state index contributed by atoms with van der Waals surface area (Å²) in [6, 6.07) is 8.99. The molecule has 0 amide bonds. The van der Waals surface area contributed by atoms with Crippen LogP contribution in [-0.2, 0) is 10.2 Å². The van der Waals surface area contributed by atoms with Crippen molar-refractivity contribution in [3.8, 4) is 11.3 Å². The minimum atomic E-state index is 0.190. The summed E-state index contributed by atoms with van der Waals surface area (Å²) in [5.74, 6) is 0. The first-order valence-corrected chi connectivity index (χ1v) is 8.29. The number of aromatic nitrogens is 1. The molecule has 1 unspecified atom stereocenters. The number of hydrogen-bond donors (Lipinski definition) is 1. The van der Waals surface area contributed by atoms with Gasteiger partial charge in [-0.15, -0.1) is 11.3 Å². The lowest BCUT2D eigenvalue weighted by molar-refractivity contribution is 0.0768. The summed E-state index contributed by atoms with van der Waals surface area (Å²) in [6.45, 7) is 9.12. The Morgan fingerprint density at radius 2 is 2.00 bits per heavy atom. The summed E-state index contributed by atoms with van der Waals surface area (Å²) < 4.78 is 5.51. The SMILES string of the molecule is CC(C)(C)c1ccc(-c2csc(C3COCCN3)n2)cc1. The van der Waals surface area contributed by atoms with E-state index in [4.69, 9.17) is 9.72 Å². The molecule has 1 aliphatic rings. The molecule has 0 bridgehead atoms. The van der Waals surface area contributed by atoms with Crippen molar-refractivity contribution < 1.29 is 4.74 Å². The Morgan fingerprint density at radius 1 is 1.24 bits per heavy atom. The summed E-state index contributed by atoms with van der Waals surface area (Å²) in [6.07, 6.45) is 0. The average molecular weight is 302 g/mol. The van der Waals surface area contributed by atoms with Crippen molar-refractivity contribution in [1.29, 1.82) is 0 Å². The molecule has 2 aromatic rings. The van der Waals surface area contributed by atoms with Gasteiger partial charge in [-0.1, -0.05) is 45.0 Å². The molecule has 21 heavy (non-hydrogen) atoms. The number of thiazole rings is 1. The molecule has 112 valence electrons. The van der Waals surface area contributed by atoms with Gasteiger partial charge in [-0.2, -0.15) is 0 Å². The lowest BCUT2D eigenvalue weighted by Crippen LogP contribution is -2.34. The Balaban J connectivity index is 1.79. The van der Waals surface area contributed by atoms with Crippen LogP contribution in [0.15, 0.2) is 29.6 Å². The zero-order valence-electron chi connectivity index (χ0n) is 12.8. The van der Waals surface area contributed by atoms with Crippen molar-refractivity contribution in [3.05, 3.63) is 40.2 Å². The number of nitrogens with zero attached hydrogens (tertiary/aromatic N) is 1. The molecule has 1 fully saturated rings. The van der Waals surface area contributed by atoms with Crippen LogP contribution < -0.4 is 5.32 Å². The van der Waals surface area contributed by atoms with Crippen LogP contribution in [0.2, 0.25) is 0 Å². The summed E-state index contributed by atoms with van der Waals surface area (Å²) in [4.78, 5) is 4.77. The maximum absolute atomic E-state index is 5.51. The van der Waals surface area contributed by atoms with Gasteiger partial charge in [0.1, 0.15) is 5.01 Å². The van der Waals surface area contributed by atoms with Crippen LogP contribution in [-0.4, -0.2) is 24.7 Å². The maximum Gasteiger partial charge on any atom is 0.113 e. The first-order valence-electron chi connectivity index (χ1n) is 7.41. The molecule has 1 aliphatic heterocycles. The van der Waals surface area contributed by atoms with Crippen molar-refractivity contribution in [2.75, 3.05) is 19.8 Å². The second kappa shape index (κ2) is 5.87. The molecule has 1 N–H and O–H groups in total. The first kappa shape index (κ1) is 14.7. The van der Waals surface area contributed by atoms with Gasteiger partial charge in [0.25, 0.3) is 0 Å². The molecule has 1 saturated heterocycles. The number of benzene rings is 1. The molecule has 1 atom stereocenters. The van der Waals surface area contributed by atoms with E-state index in [1.54, 1.807) is 11.3 Å². The number of nitrogens with one attached hydrogen (secondary N) is 1. The van der Waals surface area contributed by atoms with Gasteiger partial charge in [0.05, 0.1) is 24.9 Å². The highest BCUT2D eigenvalue weighted by Crippen LogP contribution is 2.29. The Labute approximate surface area is 130 Å². The fourth-order valence-corrected chi connectivity index (χ4v) is 3.33. The predicted molar refractivity (Wildman–Crippen MR) is 87.8 cm³/mol. The molecule has 0 spiro atoms. The summed E-state index contributed by atoms with van der Waals surface area (Å²) in [5, 5.41) is 6.70. The van der Waals surface area contributed by atoms with Gasteiger partial charge in [0.15, 0.2) is 0 Å². The van der Waals surface area contributed by atoms with Crippen LogP contribution in [0.3, 0.4) is 0 Å². The third-order valence-corrected chi connectivity index (χ3v) is 4.75. The monoisotopic (exact) mass is 302 g/mol. The molecule has 0 saturated carbocycles. The first-order chi connectivity index (χ1) is 10.0. The number of morpholine rings is 1. The van der Waals surface area contributed by atoms with E-state index in [9.17, 15) is 0 Å². The fraction of sp³-hybridized carbons (Fsp3) is 0.471. The van der Waals surface area contributed by atoms with E-state index in [0.717, 1.165) is 30.5 Å². The third kappa shape index (κ3) is 3.34. The molecule has 1 aromatic heterocycles. The van der Waals surface area contributed by atoms with E-state index in [0.29, 0.717) is 0 Å². The van der Waals surface area contributed by atoms with Crippen LogP contribution in [0.5, 0.6) is 0 Å². The Morgan fingerprint density at radius 3 is 2.62 bits per heavy atom. The summed E-state index contributed by atoms with van der Waals surface area (Å²) in [5.41, 5.74) is 3.78. The van der Waals surface area contributed by atoms with Crippen molar-refractivity contribution in [2.45, 2.75) is 32.2 Å². The van der Waals surface area contributed by atoms with Gasteiger partial charge in [-0.05, 0) is 11.0 Å². The highest BCUT2D eigenvalue weighted by Gasteiger charge is 2.19. The second-order valence-electron chi connectivity index (χ2n) is 6.48. The van der Waals surface area contributed by atoms with E-state index in [1.165, 1.54) is 11.1 Å². The maximum atomic E-state index is 5.51. The molecule has 1 aromatic carbocycles. The van der Waals surface area contributed by atoms with Crippen LogP contribution in [0.25, 0.3) is 11.3 Å². The molecule has 0 radical (unpaired) electrons. The number of ether oxygens (including phenoxy) is 1. The van der Waals surface area contributed by atoms with Crippen LogP contribution in [0.4, 0.5) is 0 Å². The normalized spacial score (nSPS) is 19.7. The van der Waals surface area contributed by atoms with E-state index in [1.807, 2.05) is 0 Å². The zero-order valence-corrected chi connectivity index (χ0v) is 13.7. The Kier molecular flexibility index (Phi) is 4.11. The molecule has 0 aliphatic carbocycles. The zero-order chi connectivity index (χ0) is 14.9. The molecule has 2 heterocycles. The van der Waals surface area contributed by atoms with Gasteiger partial charge in [0.2, 0.25) is 0 Å². The summed E-state index contributed by atoms with van der Waals surface area (Å²) in [7, 11) is 0. The predicted octanol–water partition coefficient (Wildman–Crippen LogP) is 3.77. The quantitative estimate of drug-likeness (QED) is 0.917. The standard InChI is InChI=1S/C17H22N2OS/c1-17(2,3)13-6-4-12(5-7-13)15-11-21-16(19-15)14-10-20-9-8-18-14/h4-7,11,14,18H,8-10H2,1-3H3. The Bertz CT molecular complexity index is 592. The van der Waals surface area contributed by atoms with Gasteiger partial charge in [0, 0.05) is 17.5 Å². The lowest BCUT2D eigenvalue weighted by atomic mass is 9.86. The van der Waals surface area contributed by atoms with Crippen LogP contribution in [0.1, 0.15) is 37.4 Å².